The Hall–Kier alpha value is -7.21. The Morgan fingerprint density at radius 1 is 1.03 bits per heavy atom. The quantitative estimate of drug-likeness (QED) is 0.0367. The summed E-state index contributed by atoms with van der Waals surface area (Å²) in [4.78, 5) is 46.6. The maximum atomic E-state index is 16.0. The molecule has 8 N–H and O–H groups in total. The number of H-pyrrole nitrogens is 1. The largest absolute Gasteiger partial charge is 0.489 e. The number of benzene rings is 4. The number of likely N-dealkylation sites (tertiary alicyclic amines) is 1. The Morgan fingerprint density at radius 2 is 1.74 bits per heavy atom. The summed E-state index contributed by atoms with van der Waals surface area (Å²) in [6, 6.07) is 16.8. The second-order valence-electron chi connectivity index (χ2n) is 22.4. The SMILES string of the molecule is CC.CC(C)C.CF.CO.COCC1(COc2nc3c4c(c(Cl)c(-c5c(C)c(F)cc6[nH]ncc56)c(OCc5ccc(/C(N)=C/N(N)CC(=O)N6CCCC6C(=O)NCc6ccc(-c7scnc7C)cc6)cc5)c4n2)OCC2C4CC(CN4)N32)CC1. The number of methoxy groups -OCH3 is 1. The molecule has 1 saturated carbocycles. The third-order valence-electron chi connectivity index (χ3n) is 15.7. The number of amides is 2. The van der Waals surface area contributed by atoms with Crippen molar-refractivity contribution in [3.63, 3.8) is 0 Å². The molecule has 4 fully saturated rings. The van der Waals surface area contributed by atoms with Gasteiger partial charge in [-0.2, -0.15) is 15.1 Å². The second-order valence-corrected chi connectivity index (χ2v) is 23.6. The Morgan fingerprint density at radius 3 is 2.42 bits per heavy atom. The molecule has 4 aliphatic heterocycles. The number of aromatic nitrogens is 5. The topological polar surface area (TPSA) is 244 Å². The van der Waals surface area contributed by atoms with Crippen molar-refractivity contribution in [3.05, 3.63) is 111 Å². The van der Waals surface area contributed by atoms with Gasteiger partial charge in [-0.25, -0.2) is 15.2 Å². The van der Waals surface area contributed by atoms with E-state index in [-0.39, 0.29) is 59.5 Å². The fourth-order valence-electron chi connectivity index (χ4n) is 11.4. The van der Waals surface area contributed by atoms with Gasteiger partial charge in [0.15, 0.2) is 11.5 Å². The number of hydrogen-bond donors (Lipinski definition) is 6. The molecule has 5 aliphatic rings. The Labute approximate surface area is 510 Å². The molecule has 19 nitrogen and oxygen atoms in total. The van der Waals surface area contributed by atoms with Crippen LogP contribution < -0.4 is 41.3 Å². The first-order valence-corrected chi connectivity index (χ1v) is 30.4. The van der Waals surface area contributed by atoms with Gasteiger partial charge in [0.2, 0.25) is 11.8 Å². The van der Waals surface area contributed by atoms with Crippen LogP contribution in [0.5, 0.6) is 17.5 Å². The lowest BCUT2D eigenvalue weighted by Crippen LogP contribution is -2.53. The lowest BCUT2D eigenvalue weighted by molar-refractivity contribution is -0.139. The lowest BCUT2D eigenvalue weighted by Gasteiger charge is -2.35. The van der Waals surface area contributed by atoms with E-state index >= 15 is 4.39 Å². The predicted molar refractivity (Wildman–Crippen MR) is 335 cm³/mol. The third kappa shape index (κ3) is 14.0. The molecule has 3 saturated heterocycles. The van der Waals surface area contributed by atoms with Gasteiger partial charge in [-0.15, -0.1) is 11.3 Å². The molecule has 3 aromatic heterocycles. The maximum absolute atomic E-state index is 16.0. The summed E-state index contributed by atoms with van der Waals surface area (Å²) in [6.07, 6.45) is 7.28. The number of aliphatic hydroxyl groups is 1. The average Bonchev–Trinajstić information content (AvgIpc) is 2.32. The summed E-state index contributed by atoms with van der Waals surface area (Å²) in [6.45, 7) is 16.9. The van der Waals surface area contributed by atoms with E-state index in [2.05, 4.69) is 51.5 Å². The van der Waals surface area contributed by atoms with Crippen LogP contribution >= 0.6 is 22.9 Å². The van der Waals surface area contributed by atoms with Crippen molar-refractivity contribution in [1.82, 2.24) is 45.7 Å². The number of nitrogens with zero attached hydrogens (tertiary/aromatic N) is 7. The summed E-state index contributed by atoms with van der Waals surface area (Å²) < 4.78 is 51.2. The average molecular weight is 1220 g/mol. The summed E-state index contributed by atoms with van der Waals surface area (Å²) in [5.41, 5.74) is 15.2. The van der Waals surface area contributed by atoms with Gasteiger partial charge in [-0.3, -0.25) is 19.1 Å². The maximum Gasteiger partial charge on any atom is 0.319 e. The van der Waals surface area contributed by atoms with Crippen molar-refractivity contribution in [1.29, 1.82) is 0 Å². The van der Waals surface area contributed by atoms with Gasteiger partial charge in [-0.05, 0) is 85.8 Å². The van der Waals surface area contributed by atoms with Crippen molar-refractivity contribution >= 4 is 68.1 Å². The monoisotopic (exact) mass is 1220 g/mol. The van der Waals surface area contributed by atoms with Crippen LogP contribution in [-0.4, -0.2) is 137 Å². The molecule has 4 atom stereocenters. The van der Waals surface area contributed by atoms with E-state index < -0.39 is 11.9 Å². The summed E-state index contributed by atoms with van der Waals surface area (Å²) >= 11 is 9.19. The number of nitrogens with two attached hydrogens (primary N) is 2. The van der Waals surface area contributed by atoms with Crippen molar-refractivity contribution in [2.45, 2.75) is 118 Å². The molecule has 0 spiro atoms. The van der Waals surface area contributed by atoms with Gasteiger partial charge in [0.05, 0.1) is 70.3 Å². The number of rotatable bonds is 17. The molecule has 4 unspecified atom stereocenters. The van der Waals surface area contributed by atoms with Crippen LogP contribution in [0.2, 0.25) is 5.02 Å². The number of nitrogens with one attached hydrogen (secondary N) is 3. The second kappa shape index (κ2) is 29.0. The first-order chi connectivity index (χ1) is 41.6. The predicted octanol–water partition coefficient (Wildman–Crippen LogP) is 10.0. The highest BCUT2D eigenvalue weighted by Gasteiger charge is 2.50. The third-order valence-corrected chi connectivity index (χ3v) is 17.0. The van der Waals surface area contributed by atoms with E-state index in [1.165, 1.54) is 17.3 Å². The molecule has 1 aliphatic carbocycles. The molecule has 7 heterocycles. The number of carbonyl (C=O) groups excluding carboxylic acids is 2. The highest BCUT2D eigenvalue weighted by molar-refractivity contribution is 7.13. The van der Waals surface area contributed by atoms with Crippen LogP contribution in [0.15, 0.2) is 72.5 Å². The van der Waals surface area contributed by atoms with Crippen LogP contribution in [0.4, 0.5) is 14.6 Å². The highest BCUT2D eigenvalue weighted by Crippen LogP contribution is 2.55. The molecule has 2 amide bonds. The van der Waals surface area contributed by atoms with E-state index in [0.29, 0.717) is 120 Å². The number of piperazine rings is 1. The molecule has 7 aromatic rings. The van der Waals surface area contributed by atoms with E-state index in [4.69, 9.17) is 57.2 Å². The molecular weight excluding hydrogens is 1140 g/mol. The number of aryl methyl sites for hydroxylation is 1. The fraction of sp³-hybridized carbons (Fsp3) is 0.460. The van der Waals surface area contributed by atoms with Gasteiger partial charge < -0.3 is 55.2 Å². The minimum absolute atomic E-state index is 0.0383. The Bertz CT molecular complexity index is 3490. The molecule has 0 radical (unpaired) electrons. The fourth-order valence-corrected chi connectivity index (χ4v) is 12.6. The number of ether oxygens (including phenoxy) is 4. The molecule has 2 bridgehead atoms. The smallest absolute Gasteiger partial charge is 0.319 e. The molecular formula is C63H81ClF2N12O7S. The zero-order valence-electron chi connectivity index (χ0n) is 50.7. The number of hydrogen-bond acceptors (Lipinski definition) is 17. The number of thiazole rings is 1. The zero-order valence-corrected chi connectivity index (χ0v) is 52.3. The summed E-state index contributed by atoms with van der Waals surface area (Å²) in [5.74, 6) is 7.61. The first-order valence-electron chi connectivity index (χ1n) is 29.2. The number of carbonyl (C=O) groups is 2. The number of fused-ring (bicyclic) bond motifs is 7. The standard InChI is InChI=1S/C55H58ClFN12O6S.C4H10.C2H6.CH3F.CH4O/c1-29-37(57)18-39-36(21-63-66-39)44(29)45-47(56)49-46-48(64-54(75-27-55(14-15-55)26-72-3)65-52(46)69-35-17-40(60-20-35)42(69)25-74-49)50(45)73-24-32-8-10-33(11-9-32)38(58)22-67(59)23-43(70)68-16-4-5-41(68)53(71)61-19-31-6-12-34(13-7-31)51-30(2)62-28-76-51;1-4(2)3;3*1-2/h6-13,18,21-22,28,35,40-42,60H,4-5,14-17,19-20,23-27,58-59H2,1-3H3,(H,61,71)(H,63,66);4H,1-3H3;1-2H3;1H3;2H,1H3/b38-22-;;;;. The van der Waals surface area contributed by atoms with Gasteiger partial charge in [0.25, 0.3) is 0 Å². The first kappa shape index (κ1) is 64.8. The van der Waals surface area contributed by atoms with Crippen LogP contribution in [-0.2, 0) is 27.5 Å². The molecule has 12 rings (SSSR count). The lowest BCUT2D eigenvalue weighted by atomic mass is 9.93. The molecule has 4 aromatic carbocycles. The number of alkyl halides is 1. The van der Waals surface area contributed by atoms with E-state index in [9.17, 15) is 14.0 Å². The minimum Gasteiger partial charge on any atom is -0.489 e. The van der Waals surface area contributed by atoms with Crippen molar-refractivity contribution in [3.8, 4) is 39.1 Å². The normalized spacial score (nSPS) is 18.5. The van der Waals surface area contributed by atoms with Crippen molar-refractivity contribution in [2.24, 2.45) is 22.9 Å². The van der Waals surface area contributed by atoms with E-state index in [0.717, 1.165) is 66.1 Å². The van der Waals surface area contributed by atoms with Crippen molar-refractivity contribution in [2.75, 3.05) is 65.8 Å². The van der Waals surface area contributed by atoms with Gasteiger partial charge in [-0.1, -0.05) is 94.8 Å². The van der Waals surface area contributed by atoms with Crippen LogP contribution in [0.3, 0.4) is 0 Å². The molecule has 86 heavy (non-hydrogen) atoms. The van der Waals surface area contributed by atoms with E-state index in [1.807, 2.05) is 74.8 Å². The van der Waals surface area contributed by atoms with Gasteiger partial charge in [0, 0.05) is 74.1 Å². The zero-order chi connectivity index (χ0) is 62.0. The Balaban J connectivity index is 0.000000906. The summed E-state index contributed by atoms with van der Waals surface area (Å²) in [7, 11) is 3.19. The number of aromatic amines is 1. The minimum atomic E-state index is -0.603. The number of anilines is 1. The summed E-state index contributed by atoms with van der Waals surface area (Å²) in [5, 5.41) is 23.6. The number of halogens is 3. The highest BCUT2D eigenvalue weighted by atomic mass is 35.5. The van der Waals surface area contributed by atoms with Crippen LogP contribution in [0, 0.1) is 31.0 Å². The number of aliphatic hydroxyl groups excluding tert-OH is 1. The van der Waals surface area contributed by atoms with Crippen molar-refractivity contribution < 1.29 is 42.4 Å². The van der Waals surface area contributed by atoms with Crippen LogP contribution in [0.1, 0.15) is 94.7 Å². The van der Waals surface area contributed by atoms with Gasteiger partial charge in [0.1, 0.15) is 43.0 Å². The number of hydrazine groups is 1. The molecule has 23 heteroatoms. The molecule has 462 valence electrons. The van der Waals surface area contributed by atoms with E-state index in [1.54, 1.807) is 36.5 Å². The van der Waals surface area contributed by atoms with Gasteiger partial charge >= 0.3 is 6.01 Å². The Kier molecular flexibility index (Phi) is 21.8. The van der Waals surface area contributed by atoms with Crippen LogP contribution in [0.25, 0.3) is 49.1 Å².